The lowest BCUT2D eigenvalue weighted by Crippen LogP contribution is -2.18. The zero-order chi connectivity index (χ0) is 7.45. The third-order valence-corrected chi connectivity index (χ3v) is 3.46. The van der Waals surface area contributed by atoms with Crippen LogP contribution >= 0.6 is 12.6 Å². The highest BCUT2D eigenvalue weighted by atomic mass is 32.1. The predicted octanol–water partition coefficient (Wildman–Crippen LogP) is 3.42. The monoisotopic (exact) mass is 158 g/mol. The number of hydrogen-bond acceptors (Lipinski definition) is 1. The molecule has 0 aromatic rings. The van der Waals surface area contributed by atoms with Crippen molar-refractivity contribution in [3.63, 3.8) is 0 Å². The van der Waals surface area contributed by atoms with E-state index in [4.69, 9.17) is 12.6 Å². The number of rotatable bonds is 1. The van der Waals surface area contributed by atoms with Crippen molar-refractivity contribution in [2.75, 3.05) is 0 Å². The highest BCUT2D eigenvalue weighted by Crippen LogP contribution is 2.34. The van der Waals surface area contributed by atoms with Gasteiger partial charge in [0.15, 0.2) is 0 Å². The lowest BCUT2D eigenvalue weighted by Gasteiger charge is -2.24. The Balaban J connectivity index is 2.41. The molecule has 0 heterocycles. The van der Waals surface area contributed by atoms with Crippen LogP contribution in [0.25, 0.3) is 0 Å². The van der Waals surface area contributed by atoms with Gasteiger partial charge in [-0.2, -0.15) is 12.6 Å². The molecule has 0 spiro atoms. The van der Waals surface area contributed by atoms with Crippen molar-refractivity contribution in [3.05, 3.63) is 0 Å². The van der Waals surface area contributed by atoms with Crippen molar-refractivity contribution in [2.45, 2.75) is 56.6 Å². The van der Waals surface area contributed by atoms with Crippen LogP contribution in [-0.2, 0) is 0 Å². The van der Waals surface area contributed by atoms with Crippen LogP contribution in [0.1, 0.15) is 51.9 Å². The van der Waals surface area contributed by atoms with E-state index in [2.05, 4.69) is 6.92 Å². The predicted molar refractivity (Wildman–Crippen MR) is 49.7 cm³/mol. The van der Waals surface area contributed by atoms with Crippen LogP contribution in [-0.4, -0.2) is 4.75 Å². The summed E-state index contributed by atoms with van der Waals surface area (Å²) in [5.41, 5.74) is 0. The van der Waals surface area contributed by atoms with E-state index in [1.54, 1.807) is 0 Å². The van der Waals surface area contributed by atoms with Gasteiger partial charge >= 0.3 is 0 Å². The van der Waals surface area contributed by atoms with Gasteiger partial charge in [-0.05, 0) is 19.3 Å². The summed E-state index contributed by atoms with van der Waals surface area (Å²) in [5, 5.41) is 0. The van der Waals surface area contributed by atoms with Crippen LogP contribution < -0.4 is 0 Å². The minimum atomic E-state index is 0.399. The maximum Gasteiger partial charge on any atom is 0.0127 e. The molecule has 0 saturated heterocycles. The van der Waals surface area contributed by atoms with E-state index in [1.165, 1.54) is 44.9 Å². The Morgan fingerprint density at radius 3 is 2.00 bits per heavy atom. The van der Waals surface area contributed by atoms with Crippen LogP contribution in [0.3, 0.4) is 0 Å². The molecule has 0 N–H and O–H groups in total. The molecule has 0 radical (unpaired) electrons. The summed E-state index contributed by atoms with van der Waals surface area (Å²) in [6, 6.07) is 0. The first-order valence-electron chi connectivity index (χ1n) is 4.49. The third-order valence-electron chi connectivity index (χ3n) is 2.69. The van der Waals surface area contributed by atoms with Gasteiger partial charge < -0.3 is 0 Å². The van der Waals surface area contributed by atoms with Gasteiger partial charge in [0, 0.05) is 4.75 Å². The molecule has 1 saturated carbocycles. The fourth-order valence-corrected chi connectivity index (χ4v) is 2.06. The van der Waals surface area contributed by atoms with Crippen LogP contribution in [0.15, 0.2) is 0 Å². The smallest absolute Gasteiger partial charge is 0.0127 e. The fourth-order valence-electron chi connectivity index (χ4n) is 1.74. The third kappa shape index (κ3) is 2.19. The van der Waals surface area contributed by atoms with Gasteiger partial charge in [-0.25, -0.2) is 0 Å². The molecule has 1 aliphatic carbocycles. The van der Waals surface area contributed by atoms with Crippen molar-refractivity contribution in [1.29, 1.82) is 0 Å². The average Bonchev–Trinajstić information content (AvgIpc) is 2.15. The van der Waals surface area contributed by atoms with Gasteiger partial charge in [-0.15, -0.1) is 0 Å². The molecule has 60 valence electrons. The molecule has 0 aromatic carbocycles. The van der Waals surface area contributed by atoms with E-state index >= 15 is 0 Å². The summed E-state index contributed by atoms with van der Waals surface area (Å²) < 4.78 is 0.399. The van der Waals surface area contributed by atoms with E-state index in [0.29, 0.717) is 4.75 Å². The summed E-state index contributed by atoms with van der Waals surface area (Å²) in [5.74, 6) is 0. The van der Waals surface area contributed by atoms with E-state index in [-0.39, 0.29) is 0 Å². The second kappa shape index (κ2) is 3.66. The Labute approximate surface area is 69.8 Å². The van der Waals surface area contributed by atoms with Gasteiger partial charge in [0.2, 0.25) is 0 Å². The van der Waals surface area contributed by atoms with Crippen molar-refractivity contribution in [2.24, 2.45) is 0 Å². The largest absolute Gasteiger partial charge is 0.173 e. The minimum Gasteiger partial charge on any atom is -0.173 e. The Kier molecular flexibility index (Phi) is 3.09. The molecular weight excluding hydrogens is 140 g/mol. The van der Waals surface area contributed by atoms with Crippen LogP contribution in [0.4, 0.5) is 0 Å². The average molecular weight is 158 g/mol. The quantitative estimate of drug-likeness (QED) is 0.439. The molecule has 1 aliphatic rings. The highest BCUT2D eigenvalue weighted by molar-refractivity contribution is 7.81. The molecule has 10 heavy (non-hydrogen) atoms. The molecule has 1 rings (SSSR count). The first kappa shape index (κ1) is 8.45. The summed E-state index contributed by atoms with van der Waals surface area (Å²) in [4.78, 5) is 0. The summed E-state index contributed by atoms with van der Waals surface area (Å²) in [7, 11) is 0. The maximum atomic E-state index is 4.72. The lowest BCUT2D eigenvalue weighted by atomic mass is 9.96. The van der Waals surface area contributed by atoms with Crippen molar-refractivity contribution in [3.8, 4) is 0 Å². The van der Waals surface area contributed by atoms with Crippen LogP contribution in [0, 0.1) is 0 Å². The molecule has 0 aromatic heterocycles. The second-order valence-electron chi connectivity index (χ2n) is 3.49. The molecule has 0 nitrogen and oxygen atoms in total. The fraction of sp³-hybridized carbons (Fsp3) is 1.00. The second-order valence-corrected chi connectivity index (χ2v) is 4.44. The topological polar surface area (TPSA) is 0 Å². The number of thiol groups is 1. The molecule has 0 bridgehead atoms. The Hall–Kier alpha value is 0.350. The molecular formula is C9H18S. The molecule has 1 fully saturated rings. The molecule has 1 heteroatoms. The van der Waals surface area contributed by atoms with Crippen molar-refractivity contribution < 1.29 is 0 Å². The zero-order valence-electron chi connectivity index (χ0n) is 6.90. The first-order valence-corrected chi connectivity index (χ1v) is 4.94. The molecule has 0 unspecified atom stereocenters. The van der Waals surface area contributed by atoms with Crippen LogP contribution in [0.5, 0.6) is 0 Å². The SMILES string of the molecule is CCC1(S)CCCCCC1. The lowest BCUT2D eigenvalue weighted by molar-refractivity contribution is 0.501. The van der Waals surface area contributed by atoms with Gasteiger partial charge in [0.25, 0.3) is 0 Å². The molecule has 0 atom stereocenters. The van der Waals surface area contributed by atoms with E-state index < -0.39 is 0 Å². The van der Waals surface area contributed by atoms with Crippen molar-refractivity contribution in [1.82, 2.24) is 0 Å². The maximum absolute atomic E-state index is 4.72. The normalized spacial score (nSPS) is 25.8. The number of hydrogen-bond donors (Lipinski definition) is 1. The molecule has 0 amide bonds. The van der Waals surface area contributed by atoms with E-state index in [1.807, 2.05) is 0 Å². The molecule has 0 aliphatic heterocycles. The highest BCUT2D eigenvalue weighted by Gasteiger charge is 2.23. The van der Waals surface area contributed by atoms with Gasteiger partial charge in [-0.1, -0.05) is 32.6 Å². The Morgan fingerprint density at radius 2 is 1.60 bits per heavy atom. The Bertz CT molecular complexity index is 90.9. The van der Waals surface area contributed by atoms with Crippen molar-refractivity contribution >= 4 is 12.6 Å². The Morgan fingerprint density at radius 1 is 1.10 bits per heavy atom. The van der Waals surface area contributed by atoms with Gasteiger partial charge in [0.1, 0.15) is 0 Å². The summed E-state index contributed by atoms with van der Waals surface area (Å²) in [6.07, 6.45) is 9.59. The van der Waals surface area contributed by atoms with E-state index in [9.17, 15) is 0 Å². The van der Waals surface area contributed by atoms with Gasteiger partial charge in [-0.3, -0.25) is 0 Å². The summed E-state index contributed by atoms with van der Waals surface area (Å²) in [6.45, 7) is 2.26. The van der Waals surface area contributed by atoms with Crippen LogP contribution in [0.2, 0.25) is 0 Å². The standard InChI is InChI=1S/C9H18S/c1-2-9(10)7-5-3-4-6-8-9/h10H,2-8H2,1H3. The zero-order valence-corrected chi connectivity index (χ0v) is 7.79. The summed E-state index contributed by atoms with van der Waals surface area (Å²) >= 11 is 4.72. The van der Waals surface area contributed by atoms with E-state index in [0.717, 1.165) is 0 Å². The van der Waals surface area contributed by atoms with Gasteiger partial charge in [0.05, 0.1) is 0 Å². The first-order chi connectivity index (χ1) is 4.77. The minimum absolute atomic E-state index is 0.399.